The van der Waals surface area contributed by atoms with E-state index in [1.165, 1.54) is 34.1 Å². The van der Waals surface area contributed by atoms with E-state index in [4.69, 9.17) is 0 Å². The van der Waals surface area contributed by atoms with E-state index in [0.29, 0.717) is 22.4 Å². The lowest BCUT2D eigenvalue weighted by Crippen LogP contribution is -2.29. The van der Waals surface area contributed by atoms with Gasteiger partial charge in [0.25, 0.3) is 17.7 Å². The standard InChI is InChI=1S/C23H15FN6O3/c24-19-10-9-16(30-13-25-27-28-30)11-20(19)26-21(31)15-7-5-14(6-8-15)12-29-22(32)17-3-1-2-4-18(17)23(29)33/h1-11,13H,12H2,(H,26,31). The third kappa shape index (κ3) is 3.74. The number of hydrogen-bond donors (Lipinski definition) is 1. The van der Waals surface area contributed by atoms with Gasteiger partial charge in [-0.2, -0.15) is 0 Å². The topological polar surface area (TPSA) is 110 Å². The number of aromatic nitrogens is 4. The Kier molecular flexibility index (Phi) is 4.94. The Hall–Kier alpha value is -4.73. The van der Waals surface area contributed by atoms with E-state index < -0.39 is 11.7 Å². The number of hydrogen-bond acceptors (Lipinski definition) is 6. The van der Waals surface area contributed by atoms with Crippen LogP contribution < -0.4 is 5.32 Å². The van der Waals surface area contributed by atoms with Gasteiger partial charge >= 0.3 is 0 Å². The lowest BCUT2D eigenvalue weighted by molar-refractivity contribution is 0.0642. The molecule has 0 fully saturated rings. The van der Waals surface area contributed by atoms with E-state index in [2.05, 4.69) is 20.8 Å². The highest BCUT2D eigenvalue weighted by molar-refractivity contribution is 6.21. The largest absolute Gasteiger partial charge is 0.319 e. The number of carbonyl (C=O) groups excluding carboxylic acids is 3. The Labute approximate surface area is 186 Å². The van der Waals surface area contributed by atoms with Gasteiger partial charge in [-0.1, -0.05) is 24.3 Å². The number of fused-ring (bicyclic) bond motifs is 1. The van der Waals surface area contributed by atoms with Gasteiger partial charge in [-0.25, -0.2) is 9.07 Å². The van der Waals surface area contributed by atoms with Gasteiger partial charge in [-0.15, -0.1) is 5.10 Å². The number of rotatable bonds is 5. The van der Waals surface area contributed by atoms with Crippen molar-refractivity contribution in [2.24, 2.45) is 0 Å². The molecule has 3 amide bonds. The summed E-state index contributed by atoms with van der Waals surface area (Å²) in [6, 6.07) is 17.2. The van der Waals surface area contributed by atoms with Crippen molar-refractivity contribution >= 4 is 23.4 Å². The zero-order valence-corrected chi connectivity index (χ0v) is 17.0. The molecule has 1 aromatic heterocycles. The number of nitrogens with zero attached hydrogens (tertiary/aromatic N) is 5. The molecule has 0 bridgehead atoms. The van der Waals surface area contributed by atoms with Crippen LogP contribution in [-0.2, 0) is 6.54 Å². The van der Waals surface area contributed by atoms with Crippen LogP contribution in [0.5, 0.6) is 0 Å². The van der Waals surface area contributed by atoms with Gasteiger partial charge in [0.2, 0.25) is 0 Å². The van der Waals surface area contributed by atoms with Crippen LogP contribution in [-0.4, -0.2) is 42.8 Å². The zero-order valence-electron chi connectivity index (χ0n) is 17.0. The van der Waals surface area contributed by atoms with Crippen molar-refractivity contribution in [3.8, 4) is 5.69 Å². The van der Waals surface area contributed by atoms with E-state index in [-0.39, 0.29) is 29.6 Å². The molecule has 162 valence electrons. The Bertz CT molecular complexity index is 1350. The Morgan fingerprint density at radius 3 is 2.27 bits per heavy atom. The smallest absolute Gasteiger partial charge is 0.261 e. The van der Waals surface area contributed by atoms with Crippen LogP contribution in [0.2, 0.25) is 0 Å². The molecule has 5 rings (SSSR count). The number of anilines is 1. The molecule has 0 radical (unpaired) electrons. The third-order valence-electron chi connectivity index (χ3n) is 5.25. The molecule has 2 heterocycles. The van der Waals surface area contributed by atoms with Gasteiger partial charge in [-0.3, -0.25) is 19.3 Å². The average molecular weight is 442 g/mol. The predicted molar refractivity (Wildman–Crippen MR) is 114 cm³/mol. The first kappa shape index (κ1) is 20.2. The van der Waals surface area contributed by atoms with Gasteiger partial charge in [0.1, 0.15) is 12.1 Å². The summed E-state index contributed by atoms with van der Waals surface area (Å²) in [5.41, 5.74) is 2.17. The second-order valence-electron chi connectivity index (χ2n) is 7.31. The number of carbonyl (C=O) groups is 3. The van der Waals surface area contributed by atoms with Crippen LogP contribution >= 0.6 is 0 Å². The van der Waals surface area contributed by atoms with E-state index in [0.717, 1.165) is 0 Å². The number of halogens is 1. The Morgan fingerprint density at radius 2 is 1.64 bits per heavy atom. The SMILES string of the molecule is O=C(Nc1cc(-n2cnnn2)ccc1F)c1ccc(CN2C(=O)c3ccccc3C2=O)cc1. The van der Waals surface area contributed by atoms with Crippen LogP contribution in [0.25, 0.3) is 5.69 Å². The summed E-state index contributed by atoms with van der Waals surface area (Å²) in [7, 11) is 0. The minimum atomic E-state index is -0.609. The van der Waals surface area contributed by atoms with Crippen molar-refractivity contribution in [2.45, 2.75) is 6.54 Å². The molecule has 0 atom stereocenters. The molecule has 10 heteroatoms. The molecule has 0 spiro atoms. The Morgan fingerprint density at radius 1 is 0.939 bits per heavy atom. The minimum absolute atomic E-state index is 0.0249. The fourth-order valence-corrected chi connectivity index (χ4v) is 3.55. The maximum Gasteiger partial charge on any atom is 0.261 e. The van der Waals surface area contributed by atoms with Crippen molar-refractivity contribution in [1.29, 1.82) is 0 Å². The fourth-order valence-electron chi connectivity index (χ4n) is 3.55. The molecule has 9 nitrogen and oxygen atoms in total. The minimum Gasteiger partial charge on any atom is -0.319 e. The van der Waals surface area contributed by atoms with Gasteiger partial charge in [0.15, 0.2) is 0 Å². The van der Waals surface area contributed by atoms with Crippen molar-refractivity contribution in [2.75, 3.05) is 5.32 Å². The van der Waals surface area contributed by atoms with Gasteiger partial charge in [0.05, 0.1) is 29.0 Å². The highest BCUT2D eigenvalue weighted by atomic mass is 19.1. The van der Waals surface area contributed by atoms with Gasteiger partial charge in [0, 0.05) is 5.56 Å². The van der Waals surface area contributed by atoms with Crippen LogP contribution in [0, 0.1) is 5.82 Å². The second kappa shape index (κ2) is 8.08. The maximum absolute atomic E-state index is 14.2. The van der Waals surface area contributed by atoms with Crippen LogP contribution in [0.4, 0.5) is 10.1 Å². The highest BCUT2D eigenvalue weighted by Crippen LogP contribution is 2.24. The highest BCUT2D eigenvalue weighted by Gasteiger charge is 2.34. The summed E-state index contributed by atoms with van der Waals surface area (Å²) >= 11 is 0. The first-order valence-electron chi connectivity index (χ1n) is 9.90. The van der Waals surface area contributed by atoms with Crippen LogP contribution in [0.15, 0.2) is 73.1 Å². The van der Waals surface area contributed by atoms with Crippen LogP contribution in [0.3, 0.4) is 0 Å². The van der Waals surface area contributed by atoms with Gasteiger partial charge < -0.3 is 5.32 Å². The van der Waals surface area contributed by atoms with Crippen LogP contribution in [0.1, 0.15) is 36.6 Å². The van der Waals surface area contributed by atoms with E-state index in [9.17, 15) is 18.8 Å². The third-order valence-corrected chi connectivity index (χ3v) is 5.25. The molecule has 0 unspecified atom stereocenters. The predicted octanol–water partition coefficient (Wildman–Crippen LogP) is 2.85. The molecule has 0 saturated heterocycles. The molecule has 0 aliphatic carbocycles. The normalized spacial score (nSPS) is 12.7. The van der Waals surface area contributed by atoms with Crippen molar-refractivity contribution in [3.05, 3.63) is 101 Å². The summed E-state index contributed by atoms with van der Waals surface area (Å²) in [5, 5.41) is 13.3. The number of tetrazole rings is 1. The quantitative estimate of drug-likeness (QED) is 0.476. The van der Waals surface area contributed by atoms with Crippen molar-refractivity contribution in [3.63, 3.8) is 0 Å². The lowest BCUT2D eigenvalue weighted by Gasteiger charge is -2.14. The first-order valence-corrected chi connectivity index (χ1v) is 9.90. The number of nitrogens with one attached hydrogen (secondary N) is 1. The molecule has 3 aromatic carbocycles. The summed E-state index contributed by atoms with van der Waals surface area (Å²) < 4.78 is 15.6. The molecular weight excluding hydrogens is 427 g/mol. The maximum atomic E-state index is 14.2. The molecule has 1 aliphatic heterocycles. The molecular formula is C23H15FN6O3. The molecule has 33 heavy (non-hydrogen) atoms. The summed E-state index contributed by atoms with van der Waals surface area (Å²) in [6.45, 7) is 0.0802. The summed E-state index contributed by atoms with van der Waals surface area (Å²) in [5.74, 6) is -1.83. The first-order chi connectivity index (χ1) is 16.0. The summed E-state index contributed by atoms with van der Waals surface area (Å²) in [4.78, 5) is 38.8. The summed E-state index contributed by atoms with van der Waals surface area (Å²) in [6.07, 6.45) is 1.35. The molecule has 4 aromatic rings. The second-order valence-corrected chi connectivity index (χ2v) is 7.31. The molecule has 1 N–H and O–H groups in total. The fraction of sp³-hybridized carbons (Fsp3) is 0.0435. The van der Waals surface area contributed by atoms with Crippen molar-refractivity contribution < 1.29 is 18.8 Å². The van der Waals surface area contributed by atoms with E-state index >= 15 is 0 Å². The molecule has 0 saturated carbocycles. The number of amides is 3. The van der Waals surface area contributed by atoms with Gasteiger partial charge in [-0.05, 0) is 58.5 Å². The Balaban J connectivity index is 1.30. The van der Waals surface area contributed by atoms with E-state index in [1.807, 2.05) is 0 Å². The molecule has 1 aliphatic rings. The number of benzene rings is 3. The van der Waals surface area contributed by atoms with Crippen molar-refractivity contribution in [1.82, 2.24) is 25.1 Å². The monoisotopic (exact) mass is 442 g/mol. The van der Waals surface area contributed by atoms with E-state index in [1.54, 1.807) is 48.5 Å². The zero-order chi connectivity index (χ0) is 22.9. The number of imide groups is 1. The lowest BCUT2D eigenvalue weighted by atomic mass is 10.1. The average Bonchev–Trinajstić information content (AvgIpc) is 3.45.